The molecule has 0 saturated heterocycles. The van der Waals surface area contributed by atoms with Crippen LogP contribution in [-0.2, 0) is 4.74 Å². The molecular weight excluding hydrogens is 202 g/mol. The average molecular weight is 223 g/mol. The monoisotopic (exact) mass is 223 g/mol. The molecular formula is C12H21N3O. The molecule has 1 atom stereocenters. The molecule has 1 N–H and O–H groups in total. The Morgan fingerprint density at radius 3 is 2.69 bits per heavy atom. The van der Waals surface area contributed by atoms with Crippen molar-refractivity contribution in [1.82, 2.24) is 15.3 Å². The van der Waals surface area contributed by atoms with Crippen molar-refractivity contribution in [3.63, 3.8) is 0 Å². The van der Waals surface area contributed by atoms with Crippen molar-refractivity contribution in [2.45, 2.75) is 33.2 Å². The summed E-state index contributed by atoms with van der Waals surface area (Å²) in [5, 5.41) is 3.35. The van der Waals surface area contributed by atoms with E-state index in [4.69, 9.17) is 4.74 Å². The quantitative estimate of drug-likeness (QED) is 0.717. The molecule has 1 heterocycles. The summed E-state index contributed by atoms with van der Waals surface area (Å²) in [6.07, 6.45) is 4.65. The van der Waals surface area contributed by atoms with Gasteiger partial charge in [0.2, 0.25) is 0 Å². The molecule has 4 nitrogen and oxygen atoms in total. The number of nitrogens with one attached hydrogen (secondary N) is 1. The van der Waals surface area contributed by atoms with Crippen LogP contribution in [0.1, 0.15) is 37.7 Å². The van der Waals surface area contributed by atoms with Gasteiger partial charge in [-0.2, -0.15) is 0 Å². The minimum absolute atomic E-state index is 0.143. The Hall–Kier alpha value is -1.00. The van der Waals surface area contributed by atoms with Gasteiger partial charge in [-0.15, -0.1) is 0 Å². The van der Waals surface area contributed by atoms with Crippen LogP contribution in [0.4, 0.5) is 0 Å². The SMILES string of the molecule is CCCOCC(NCC)c1cnc(C)cn1. The lowest BCUT2D eigenvalue weighted by Gasteiger charge is -2.17. The highest BCUT2D eigenvalue weighted by atomic mass is 16.5. The zero-order valence-electron chi connectivity index (χ0n) is 10.4. The van der Waals surface area contributed by atoms with Crippen molar-refractivity contribution in [2.75, 3.05) is 19.8 Å². The first-order valence-electron chi connectivity index (χ1n) is 5.87. The maximum Gasteiger partial charge on any atom is 0.0779 e. The molecule has 1 aromatic heterocycles. The molecule has 0 aliphatic rings. The lowest BCUT2D eigenvalue weighted by atomic mass is 10.2. The minimum atomic E-state index is 0.143. The Labute approximate surface area is 97.5 Å². The maximum atomic E-state index is 5.55. The van der Waals surface area contributed by atoms with E-state index >= 15 is 0 Å². The van der Waals surface area contributed by atoms with Gasteiger partial charge < -0.3 is 10.1 Å². The van der Waals surface area contributed by atoms with Gasteiger partial charge in [-0.25, -0.2) is 0 Å². The number of aryl methyl sites for hydroxylation is 1. The van der Waals surface area contributed by atoms with E-state index in [0.717, 1.165) is 31.0 Å². The highest BCUT2D eigenvalue weighted by Gasteiger charge is 2.11. The lowest BCUT2D eigenvalue weighted by molar-refractivity contribution is 0.111. The van der Waals surface area contributed by atoms with Crippen LogP contribution in [0.2, 0.25) is 0 Å². The molecule has 0 spiro atoms. The first-order chi connectivity index (χ1) is 7.77. The van der Waals surface area contributed by atoms with E-state index in [1.807, 2.05) is 13.1 Å². The maximum absolute atomic E-state index is 5.55. The van der Waals surface area contributed by atoms with E-state index < -0.39 is 0 Å². The van der Waals surface area contributed by atoms with Crippen LogP contribution >= 0.6 is 0 Å². The number of likely N-dealkylation sites (N-methyl/N-ethyl adjacent to an activating group) is 1. The van der Waals surface area contributed by atoms with Crippen LogP contribution in [0.3, 0.4) is 0 Å². The number of hydrogen-bond donors (Lipinski definition) is 1. The van der Waals surface area contributed by atoms with Gasteiger partial charge in [0.1, 0.15) is 0 Å². The van der Waals surface area contributed by atoms with Crippen LogP contribution in [0.15, 0.2) is 12.4 Å². The molecule has 0 aliphatic heterocycles. The normalized spacial score (nSPS) is 12.7. The smallest absolute Gasteiger partial charge is 0.0779 e. The summed E-state index contributed by atoms with van der Waals surface area (Å²) in [6, 6.07) is 0.143. The Morgan fingerprint density at radius 2 is 2.12 bits per heavy atom. The van der Waals surface area contributed by atoms with E-state index in [-0.39, 0.29) is 6.04 Å². The molecule has 0 saturated carbocycles. The van der Waals surface area contributed by atoms with E-state index in [1.165, 1.54) is 0 Å². The second-order valence-electron chi connectivity index (χ2n) is 3.77. The summed E-state index contributed by atoms with van der Waals surface area (Å²) in [5.41, 5.74) is 1.89. The molecule has 0 radical (unpaired) electrons. The van der Waals surface area contributed by atoms with Crippen molar-refractivity contribution in [3.8, 4) is 0 Å². The van der Waals surface area contributed by atoms with Gasteiger partial charge in [-0.05, 0) is 19.9 Å². The number of nitrogens with zero attached hydrogens (tertiary/aromatic N) is 2. The molecule has 0 bridgehead atoms. The molecule has 90 valence electrons. The fourth-order valence-electron chi connectivity index (χ4n) is 1.42. The molecule has 4 heteroatoms. The molecule has 0 aliphatic carbocycles. The Morgan fingerprint density at radius 1 is 1.31 bits per heavy atom. The highest BCUT2D eigenvalue weighted by molar-refractivity contribution is 5.05. The van der Waals surface area contributed by atoms with E-state index in [9.17, 15) is 0 Å². The number of hydrogen-bond acceptors (Lipinski definition) is 4. The van der Waals surface area contributed by atoms with Crippen molar-refractivity contribution in [3.05, 3.63) is 23.8 Å². The second kappa shape index (κ2) is 7.30. The summed E-state index contributed by atoms with van der Waals surface area (Å²) in [4.78, 5) is 8.62. The fourth-order valence-corrected chi connectivity index (χ4v) is 1.42. The summed E-state index contributed by atoms with van der Waals surface area (Å²) in [7, 11) is 0. The zero-order chi connectivity index (χ0) is 11.8. The zero-order valence-corrected chi connectivity index (χ0v) is 10.4. The van der Waals surface area contributed by atoms with Gasteiger partial charge in [0.25, 0.3) is 0 Å². The largest absolute Gasteiger partial charge is 0.379 e. The number of aromatic nitrogens is 2. The van der Waals surface area contributed by atoms with Gasteiger partial charge >= 0.3 is 0 Å². The second-order valence-corrected chi connectivity index (χ2v) is 3.77. The molecule has 0 aromatic carbocycles. The van der Waals surface area contributed by atoms with Gasteiger partial charge in [0.15, 0.2) is 0 Å². The van der Waals surface area contributed by atoms with Crippen LogP contribution in [-0.4, -0.2) is 29.7 Å². The van der Waals surface area contributed by atoms with Crippen LogP contribution in [0.5, 0.6) is 0 Å². The third-order valence-electron chi connectivity index (χ3n) is 2.24. The summed E-state index contributed by atoms with van der Waals surface area (Å²) in [5.74, 6) is 0. The van der Waals surface area contributed by atoms with Gasteiger partial charge in [0, 0.05) is 12.8 Å². The number of ether oxygens (including phenoxy) is 1. The van der Waals surface area contributed by atoms with Crippen LogP contribution in [0, 0.1) is 6.92 Å². The summed E-state index contributed by atoms with van der Waals surface area (Å²) < 4.78 is 5.55. The standard InChI is InChI=1S/C12H21N3O/c1-4-6-16-9-12(13-5-2)11-8-14-10(3)7-15-11/h7-8,12-13H,4-6,9H2,1-3H3. The van der Waals surface area contributed by atoms with Gasteiger partial charge in [-0.1, -0.05) is 13.8 Å². The van der Waals surface area contributed by atoms with Crippen molar-refractivity contribution < 1.29 is 4.74 Å². The Bertz CT molecular complexity index is 287. The molecule has 16 heavy (non-hydrogen) atoms. The molecule has 1 unspecified atom stereocenters. The fraction of sp³-hybridized carbons (Fsp3) is 0.667. The minimum Gasteiger partial charge on any atom is -0.379 e. The first-order valence-corrected chi connectivity index (χ1v) is 5.87. The van der Waals surface area contributed by atoms with Crippen LogP contribution < -0.4 is 5.32 Å². The molecule has 0 fully saturated rings. The average Bonchev–Trinajstić information content (AvgIpc) is 2.29. The lowest BCUT2D eigenvalue weighted by Crippen LogP contribution is -2.26. The van der Waals surface area contributed by atoms with Gasteiger partial charge in [0.05, 0.1) is 30.2 Å². The summed E-state index contributed by atoms with van der Waals surface area (Å²) in [6.45, 7) is 8.46. The van der Waals surface area contributed by atoms with Gasteiger partial charge in [-0.3, -0.25) is 9.97 Å². The Balaban J connectivity index is 2.57. The van der Waals surface area contributed by atoms with E-state index in [1.54, 1.807) is 6.20 Å². The first kappa shape index (κ1) is 13.1. The van der Waals surface area contributed by atoms with Crippen LogP contribution in [0.25, 0.3) is 0 Å². The van der Waals surface area contributed by atoms with Crippen molar-refractivity contribution >= 4 is 0 Å². The Kier molecular flexibility index (Phi) is 5.96. The van der Waals surface area contributed by atoms with Crippen molar-refractivity contribution in [2.24, 2.45) is 0 Å². The predicted octanol–water partition coefficient (Wildman–Crippen LogP) is 1.86. The summed E-state index contributed by atoms with van der Waals surface area (Å²) >= 11 is 0. The topological polar surface area (TPSA) is 47.0 Å². The highest BCUT2D eigenvalue weighted by Crippen LogP contribution is 2.09. The molecule has 1 aromatic rings. The number of rotatable bonds is 7. The molecule has 0 amide bonds. The van der Waals surface area contributed by atoms with E-state index in [0.29, 0.717) is 6.61 Å². The third-order valence-corrected chi connectivity index (χ3v) is 2.24. The molecule has 1 rings (SSSR count). The third kappa shape index (κ3) is 4.24. The van der Waals surface area contributed by atoms with E-state index in [2.05, 4.69) is 29.1 Å². The predicted molar refractivity (Wildman–Crippen MR) is 64.3 cm³/mol. The van der Waals surface area contributed by atoms with Crippen molar-refractivity contribution in [1.29, 1.82) is 0 Å².